The van der Waals surface area contributed by atoms with Crippen molar-refractivity contribution in [1.82, 2.24) is 4.23 Å². The van der Waals surface area contributed by atoms with Gasteiger partial charge in [-0.15, -0.1) is 0 Å². The lowest BCUT2D eigenvalue weighted by atomic mass is 10.2. The Labute approximate surface area is 139 Å². The zero-order chi connectivity index (χ0) is 16.6. The Bertz CT molecular complexity index is 468. The van der Waals surface area contributed by atoms with Crippen LogP contribution in [0, 0.1) is 0 Å². The number of aliphatic imine (C=N–C) groups is 1. The molecule has 0 spiro atoms. The van der Waals surface area contributed by atoms with Crippen LogP contribution in [0.25, 0.3) is 6.08 Å². The summed E-state index contributed by atoms with van der Waals surface area (Å²) in [6.07, 6.45) is 7.22. The predicted octanol–water partition coefficient (Wildman–Crippen LogP) is 5.13. The van der Waals surface area contributed by atoms with Gasteiger partial charge in [0.15, 0.2) is 0 Å². The molecule has 0 bridgehead atoms. The van der Waals surface area contributed by atoms with Gasteiger partial charge in [0.2, 0.25) is 0 Å². The monoisotopic (exact) mass is 332 g/mol. The lowest BCUT2D eigenvalue weighted by molar-refractivity contribution is 0.587. The molecule has 0 saturated heterocycles. The Morgan fingerprint density at radius 3 is 2.09 bits per heavy atom. The maximum Gasteiger partial charge on any atom is 0.112 e. The summed E-state index contributed by atoms with van der Waals surface area (Å²) in [6.45, 7) is 16.9. The molecule has 0 heterocycles. The van der Waals surface area contributed by atoms with Crippen LogP contribution >= 0.6 is 0 Å². The number of allylic oxidation sites excluding steroid dienone is 1. The van der Waals surface area contributed by atoms with Gasteiger partial charge in [0, 0.05) is 12.8 Å². The Hall–Kier alpha value is -0.976. The van der Waals surface area contributed by atoms with Crippen molar-refractivity contribution in [3.8, 4) is 0 Å². The maximum atomic E-state index is 4.51. The first-order valence-corrected chi connectivity index (χ1v) is 15.1. The molecule has 0 atom stereocenters. The first-order chi connectivity index (χ1) is 10.2. The van der Waals surface area contributed by atoms with Crippen LogP contribution in [0.3, 0.4) is 0 Å². The fourth-order valence-corrected chi connectivity index (χ4v) is 12.6. The lowest BCUT2D eigenvalue weighted by Gasteiger charge is -2.43. The van der Waals surface area contributed by atoms with E-state index in [-0.39, 0.29) is 0 Å². The summed E-state index contributed by atoms with van der Waals surface area (Å²) in [4.78, 5) is 4.51. The average Bonchev–Trinajstić information content (AvgIpc) is 2.40. The van der Waals surface area contributed by atoms with Crippen LogP contribution in [0.2, 0.25) is 39.3 Å². The van der Waals surface area contributed by atoms with Gasteiger partial charge in [-0.25, -0.2) is 0 Å². The molecule has 2 nitrogen and oxygen atoms in total. The van der Waals surface area contributed by atoms with Crippen molar-refractivity contribution in [2.45, 2.75) is 45.7 Å². The van der Waals surface area contributed by atoms with Crippen molar-refractivity contribution < 1.29 is 0 Å². The topological polar surface area (TPSA) is 15.6 Å². The van der Waals surface area contributed by atoms with Gasteiger partial charge >= 0.3 is 0 Å². The third-order valence-corrected chi connectivity index (χ3v) is 11.3. The molecule has 0 amide bonds. The molecular formula is C18H32N2Si2. The Balaban J connectivity index is 2.37. The highest BCUT2D eigenvalue weighted by Crippen LogP contribution is 2.19. The van der Waals surface area contributed by atoms with E-state index in [4.69, 9.17) is 0 Å². The summed E-state index contributed by atoms with van der Waals surface area (Å²) in [5, 5.41) is 0. The zero-order valence-electron chi connectivity index (χ0n) is 15.1. The molecular weight excluding hydrogens is 300 g/mol. The summed E-state index contributed by atoms with van der Waals surface area (Å²) in [7, 11) is -2.42. The summed E-state index contributed by atoms with van der Waals surface area (Å²) in [6, 6.07) is 10.3. The van der Waals surface area contributed by atoms with E-state index in [9.17, 15) is 0 Å². The summed E-state index contributed by atoms with van der Waals surface area (Å²) in [5.41, 5.74) is 1.22. The lowest BCUT2D eigenvalue weighted by Crippen LogP contribution is -2.59. The molecule has 22 heavy (non-hydrogen) atoms. The fourth-order valence-electron chi connectivity index (χ4n) is 2.85. The van der Waals surface area contributed by atoms with Crippen molar-refractivity contribution in [2.24, 2.45) is 4.99 Å². The highest BCUT2D eigenvalue weighted by molar-refractivity contribution is 6.89. The number of benzene rings is 1. The van der Waals surface area contributed by atoms with Gasteiger partial charge in [0.05, 0.1) is 0 Å². The molecule has 0 aliphatic carbocycles. The van der Waals surface area contributed by atoms with E-state index >= 15 is 0 Å². The molecule has 1 aromatic rings. The molecule has 0 N–H and O–H groups in total. The highest BCUT2D eigenvalue weighted by atomic mass is 28.4. The maximum absolute atomic E-state index is 4.51. The van der Waals surface area contributed by atoms with Crippen LogP contribution in [-0.4, -0.2) is 40.0 Å². The number of nitrogens with zero attached hydrogens (tertiary/aromatic N) is 2. The van der Waals surface area contributed by atoms with Crippen LogP contribution in [0.1, 0.15) is 12.0 Å². The normalized spacial score (nSPS) is 13.6. The van der Waals surface area contributed by atoms with E-state index in [1.54, 1.807) is 0 Å². The second-order valence-corrected chi connectivity index (χ2v) is 17.9. The molecule has 0 radical (unpaired) electrons. The first kappa shape index (κ1) is 19.1. The molecule has 0 aliphatic rings. The SMILES string of the molecule is C[Si](C)(C)N(CCCN=CC=Cc1ccccc1)[Si](C)(C)C. The average molecular weight is 333 g/mol. The van der Waals surface area contributed by atoms with Gasteiger partial charge < -0.3 is 4.23 Å². The van der Waals surface area contributed by atoms with Gasteiger partial charge in [-0.1, -0.05) is 75.7 Å². The minimum atomic E-state index is -1.21. The molecule has 1 rings (SSSR count). The predicted molar refractivity (Wildman–Crippen MR) is 107 cm³/mol. The highest BCUT2D eigenvalue weighted by Gasteiger charge is 2.33. The van der Waals surface area contributed by atoms with Crippen molar-refractivity contribution in [2.75, 3.05) is 13.1 Å². The minimum Gasteiger partial charge on any atom is -0.346 e. The van der Waals surface area contributed by atoms with E-state index in [1.807, 2.05) is 18.4 Å². The van der Waals surface area contributed by atoms with Crippen molar-refractivity contribution in [1.29, 1.82) is 0 Å². The Morgan fingerprint density at radius 2 is 1.55 bits per heavy atom. The quantitative estimate of drug-likeness (QED) is 0.366. The van der Waals surface area contributed by atoms with Crippen LogP contribution in [0.5, 0.6) is 0 Å². The van der Waals surface area contributed by atoms with Crippen LogP contribution in [-0.2, 0) is 0 Å². The molecule has 0 saturated carbocycles. The zero-order valence-corrected chi connectivity index (χ0v) is 17.1. The number of hydrogen-bond donors (Lipinski definition) is 0. The van der Waals surface area contributed by atoms with E-state index in [0.29, 0.717) is 0 Å². The van der Waals surface area contributed by atoms with Crippen molar-refractivity contribution in [3.05, 3.63) is 42.0 Å². The third-order valence-electron chi connectivity index (χ3n) is 3.57. The smallest absolute Gasteiger partial charge is 0.112 e. The Kier molecular flexibility index (Phi) is 7.46. The molecule has 0 unspecified atom stereocenters. The van der Waals surface area contributed by atoms with Crippen LogP contribution < -0.4 is 0 Å². The number of rotatable bonds is 8. The van der Waals surface area contributed by atoms with E-state index in [1.165, 1.54) is 12.1 Å². The largest absolute Gasteiger partial charge is 0.346 e. The third kappa shape index (κ3) is 7.34. The Morgan fingerprint density at radius 1 is 0.955 bits per heavy atom. The molecule has 1 aromatic carbocycles. The molecule has 4 heteroatoms. The van der Waals surface area contributed by atoms with Gasteiger partial charge in [-0.3, -0.25) is 4.99 Å². The van der Waals surface area contributed by atoms with Crippen LogP contribution in [0.15, 0.2) is 41.4 Å². The van der Waals surface area contributed by atoms with Gasteiger partial charge in [0.25, 0.3) is 0 Å². The van der Waals surface area contributed by atoms with Crippen molar-refractivity contribution >= 4 is 28.8 Å². The fraction of sp³-hybridized carbons (Fsp3) is 0.500. The summed E-state index contributed by atoms with van der Waals surface area (Å²) in [5.74, 6) is 0. The minimum absolute atomic E-state index is 0.921. The molecule has 0 aliphatic heterocycles. The van der Waals surface area contributed by atoms with Crippen LogP contribution in [0.4, 0.5) is 0 Å². The summed E-state index contributed by atoms with van der Waals surface area (Å²) < 4.78 is 2.83. The second-order valence-electron chi connectivity index (χ2n) is 7.67. The number of hydrogen-bond acceptors (Lipinski definition) is 2. The van der Waals surface area contributed by atoms with Gasteiger partial charge in [-0.2, -0.15) is 0 Å². The summed E-state index contributed by atoms with van der Waals surface area (Å²) >= 11 is 0. The second kappa shape index (κ2) is 8.60. The molecule has 0 fully saturated rings. The van der Waals surface area contributed by atoms with E-state index < -0.39 is 16.5 Å². The van der Waals surface area contributed by atoms with Crippen molar-refractivity contribution in [3.63, 3.8) is 0 Å². The first-order valence-electron chi connectivity index (χ1n) is 8.20. The molecule has 122 valence electrons. The van der Waals surface area contributed by atoms with Gasteiger partial charge in [-0.05, 0) is 24.6 Å². The van der Waals surface area contributed by atoms with E-state index in [2.05, 4.69) is 78.8 Å². The standard InChI is InChI=1S/C18H32N2Si2/c1-21(2,3)20(22(4,5)6)17-11-16-19-15-10-14-18-12-8-7-9-13-18/h7-10,12-15H,11,16-17H2,1-6H3. The molecule has 0 aromatic heterocycles. The van der Waals surface area contributed by atoms with Gasteiger partial charge in [0.1, 0.15) is 16.5 Å². The van der Waals surface area contributed by atoms with E-state index in [0.717, 1.165) is 13.0 Å².